The molecule has 0 rings (SSSR count). The molecular weight excluding hydrogens is 649 g/mol. The second-order valence-electron chi connectivity index (χ2n) is 8.51. The van der Waals surface area contributed by atoms with Gasteiger partial charge in [-0.05, 0) is 83.1 Å². The highest BCUT2D eigenvalue weighted by molar-refractivity contribution is 8.06. The van der Waals surface area contributed by atoms with Crippen LogP contribution in [0.2, 0.25) is 0 Å². The molecule has 12 nitrogen and oxygen atoms in total. The zero-order valence-corrected chi connectivity index (χ0v) is 33.8. The minimum Gasteiger partial charge on any atom is -0.373 e. The lowest BCUT2D eigenvalue weighted by Gasteiger charge is -2.47. The predicted molar refractivity (Wildman–Crippen MR) is 178 cm³/mol. The van der Waals surface area contributed by atoms with Gasteiger partial charge in [0.1, 0.15) is 8.99 Å². The number of hydrogen-bond acceptors (Lipinski definition) is 13. The molecule has 0 saturated carbocycles. The maximum Gasteiger partial charge on any atom is 0.519 e. The third kappa shape index (κ3) is 12.0. The van der Waals surface area contributed by atoms with Gasteiger partial charge in [-0.2, -0.15) is 0 Å². The van der Waals surface area contributed by atoms with E-state index < -0.39 is 44.2 Å². The molecule has 0 aliphatic rings. The summed E-state index contributed by atoms with van der Waals surface area (Å²) in [5, 5.41) is 0. The average Bonchev–Trinajstić information content (AvgIpc) is 2.95. The molecule has 0 radical (unpaired) electrons. The van der Waals surface area contributed by atoms with Crippen molar-refractivity contribution in [1.82, 2.24) is 0 Å². The summed E-state index contributed by atoms with van der Waals surface area (Å²) in [5.74, 6) is 0. The van der Waals surface area contributed by atoms with Crippen LogP contribution in [0.4, 0.5) is 0 Å². The zero-order valence-electron chi connectivity index (χ0n) is 28.9. The van der Waals surface area contributed by atoms with Crippen LogP contribution >= 0.6 is 11.8 Å². The molecule has 0 aromatic heterocycles. The van der Waals surface area contributed by atoms with Gasteiger partial charge in [0.25, 0.3) is 0 Å². The van der Waals surface area contributed by atoms with Crippen molar-refractivity contribution in [3.8, 4) is 0 Å². The van der Waals surface area contributed by atoms with Crippen LogP contribution in [0.5, 0.6) is 0 Å². The molecule has 0 atom stereocenters. The van der Waals surface area contributed by atoms with Crippen molar-refractivity contribution in [1.29, 1.82) is 0 Å². The lowest BCUT2D eigenvalue weighted by Crippen LogP contribution is -2.75. The molecule has 0 unspecified atom stereocenters. The Bertz CT molecular complexity index is 514. The Kier molecular flexibility index (Phi) is 24.4. The number of rotatable bonds is 30. The summed E-state index contributed by atoms with van der Waals surface area (Å²) in [5.41, 5.74) is 0. The third-order valence-electron chi connectivity index (χ3n) is 5.70. The van der Waals surface area contributed by atoms with Crippen molar-refractivity contribution in [3.63, 3.8) is 0 Å². The van der Waals surface area contributed by atoms with E-state index in [-0.39, 0.29) is 0 Å². The lowest BCUT2D eigenvalue weighted by molar-refractivity contribution is 0.0425. The van der Waals surface area contributed by atoms with Crippen LogP contribution < -0.4 is 0 Å². The molecule has 260 valence electrons. The van der Waals surface area contributed by atoms with Gasteiger partial charge in [0.15, 0.2) is 0 Å². The van der Waals surface area contributed by atoms with Crippen molar-refractivity contribution in [2.75, 3.05) is 79.3 Å². The van der Waals surface area contributed by atoms with Crippen LogP contribution in [-0.4, -0.2) is 123 Å². The Morgan fingerprint density at radius 2 is 0.395 bits per heavy atom. The largest absolute Gasteiger partial charge is 0.519 e. The van der Waals surface area contributed by atoms with E-state index >= 15 is 0 Å². The summed E-state index contributed by atoms with van der Waals surface area (Å²) in [6.07, 6.45) is 0. The first-order valence-corrected chi connectivity index (χ1v) is 24.2. The van der Waals surface area contributed by atoms with Gasteiger partial charge in [-0.15, -0.1) is 11.8 Å². The first kappa shape index (κ1) is 43.7. The van der Waals surface area contributed by atoms with E-state index in [1.807, 2.05) is 83.1 Å². The summed E-state index contributed by atoms with van der Waals surface area (Å²) in [6.45, 7) is 27.2. The van der Waals surface area contributed by atoms with E-state index in [4.69, 9.17) is 53.1 Å². The van der Waals surface area contributed by atoms with Crippen LogP contribution in [0, 0.1) is 0 Å². The molecule has 0 N–H and O–H groups in total. The van der Waals surface area contributed by atoms with Gasteiger partial charge in [-0.1, -0.05) is 0 Å². The molecule has 0 bridgehead atoms. The van der Waals surface area contributed by atoms with Crippen molar-refractivity contribution >= 4 is 47.0 Å². The summed E-state index contributed by atoms with van der Waals surface area (Å²) < 4.78 is 77.3. The zero-order chi connectivity index (χ0) is 32.8. The summed E-state index contributed by atoms with van der Waals surface area (Å²) in [4.78, 5) is 0. The summed E-state index contributed by atoms with van der Waals surface area (Å²) >= 11 is 1.44. The Labute approximate surface area is 270 Å². The van der Waals surface area contributed by atoms with Gasteiger partial charge in [0.05, 0.1) is 0 Å². The smallest absolute Gasteiger partial charge is 0.373 e. The predicted octanol–water partition coefficient (Wildman–Crippen LogP) is 4.81. The highest BCUT2D eigenvalue weighted by Gasteiger charge is 2.74. The van der Waals surface area contributed by atoms with E-state index in [1.165, 1.54) is 11.8 Å². The molecule has 0 amide bonds. The SMILES string of the molecule is CCO[Si](OCC)(OCC)C(SC([Si](OCC)(OCC)OCC)[Si](OCC)(OCC)OCC)[Si](OCC)(OCC)OCC. The molecule has 0 saturated heterocycles. The van der Waals surface area contributed by atoms with Crippen LogP contribution in [-0.2, 0) is 53.1 Å². The second kappa shape index (κ2) is 24.0. The molecule has 0 aliphatic heterocycles. The minimum atomic E-state index is -3.67. The van der Waals surface area contributed by atoms with E-state index in [0.29, 0.717) is 79.3 Å². The maximum absolute atomic E-state index is 6.56. The molecule has 0 spiro atoms. The summed E-state index contributed by atoms with van der Waals surface area (Å²) in [7, 11) is -14.7. The van der Waals surface area contributed by atoms with Crippen molar-refractivity contribution in [2.24, 2.45) is 0 Å². The fraction of sp³-hybridized carbons (Fsp3) is 1.00. The molecule has 0 aromatic carbocycles. The van der Waals surface area contributed by atoms with Crippen LogP contribution in [0.15, 0.2) is 0 Å². The minimum absolute atomic E-state index is 0.346. The van der Waals surface area contributed by atoms with Crippen molar-refractivity contribution in [3.05, 3.63) is 0 Å². The highest BCUT2D eigenvalue weighted by Crippen LogP contribution is 2.44. The van der Waals surface area contributed by atoms with Gasteiger partial charge in [0, 0.05) is 79.3 Å². The number of hydrogen-bond donors (Lipinski definition) is 0. The molecule has 0 heterocycles. The fourth-order valence-electron chi connectivity index (χ4n) is 4.72. The second-order valence-corrected chi connectivity index (χ2v) is 23.2. The van der Waals surface area contributed by atoms with Crippen molar-refractivity contribution in [2.45, 2.75) is 92.1 Å². The van der Waals surface area contributed by atoms with Crippen LogP contribution in [0.3, 0.4) is 0 Å². The Balaban J connectivity index is 8.13. The van der Waals surface area contributed by atoms with E-state index in [0.717, 1.165) is 0 Å². The topological polar surface area (TPSA) is 111 Å². The Morgan fingerprint density at radius 3 is 0.488 bits per heavy atom. The quantitative estimate of drug-likeness (QED) is 0.0953. The molecular formula is C26H62O12SSi4. The molecule has 0 fully saturated rings. The third-order valence-corrected chi connectivity index (χ3v) is 26.4. The Morgan fingerprint density at radius 1 is 0.279 bits per heavy atom. The van der Waals surface area contributed by atoms with Gasteiger partial charge < -0.3 is 53.1 Å². The van der Waals surface area contributed by atoms with E-state index in [1.54, 1.807) is 0 Å². The van der Waals surface area contributed by atoms with Crippen LogP contribution in [0.1, 0.15) is 83.1 Å². The lowest BCUT2D eigenvalue weighted by atomic mass is 10.9. The Hall–Kier alpha value is 0.738. The first-order chi connectivity index (χ1) is 20.7. The van der Waals surface area contributed by atoms with Gasteiger partial charge in [-0.25, -0.2) is 0 Å². The normalized spacial score (nSPS) is 13.5. The van der Waals surface area contributed by atoms with Gasteiger partial charge in [-0.3, -0.25) is 0 Å². The molecule has 43 heavy (non-hydrogen) atoms. The van der Waals surface area contributed by atoms with Gasteiger partial charge >= 0.3 is 35.2 Å². The average molecular weight is 711 g/mol. The van der Waals surface area contributed by atoms with E-state index in [9.17, 15) is 0 Å². The fourth-order valence-corrected chi connectivity index (χ4v) is 27.5. The maximum atomic E-state index is 6.56. The summed E-state index contributed by atoms with van der Waals surface area (Å²) in [6, 6.07) is 0. The van der Waals surface area contributed by atoms with Gasteiger partial charge in [0.2, 0.25) is 0 Å². The standard InChI is InChI=1S/C26H62O12SSi4/c1-13-27-40(28-14-2,29-15-3)25(41(30-16-4,31-17-5)32-18-6)39-26(42(33-19-7,34-20-8)35-21-9)43(36-22-10,37-23-11)38-24-12/h25-26H,13-24H2,1-12H3. The van der Waals surface area contributed by atoms with Crippen LogP contribution in [0.25, 0.3) is 0 Å². The highest BCUT2D eigenvalue weighted by atomic mass is 32.2. The van der Waals surface area contributed by atoms with E-state index in [2.05, 4.69) is 0 Å². The monoisotopic (exact) mass is 710 g/mol. The first-order valence-electron chi connectivity index (χ1n) is 16.0. The molecule has 0 aliphatic carbocycles. The number of thioether (sulfide) groups is 1. The van der Waals surface area contributed by atoms with Crippen molar-refractivity contribution < 1.29 is 53.1 Å². The molecule has 17 heteroatoms. The molecule has 0 aromatic rings.